The minimum Gasteiger partial charge on any atom is -0.396 e. The second kappa shape index (κ2) is 7.18. The number of hydrogen-bond donors (Lipinski definition) is 6. The van der Waals surface area contributed by atoms with E-state index in [2.05, 4.69) is 0 Å². The highest BCUT2D eigenvalue weighted by atomic mass is 16.4. The lowest BCUT2D eigenvalue weighted by Crippen LogP contribution is -3.21. The van der Waals surface area contributed by atoms with Gasteiger partial charge in [-0.2, -0.15) is 0 Å². The molecule has 1 unspecified atom stereocenters. The molecule has 18 heavy (non-hydrogen) atoms. The van der Waals surface area contributed by atoms with Gasteiger partial charge in [0.25, 0.3) is 0 Å². The maximum atomic E-state index is 10.0. The molecule has 0 aromatic rings. The van der Waals surface area contributed by atoms with E-state index in [-0.39, 0.29) is 26.1 Å². The Kier molecular flexibility index (Phi) is 5.55. The Morgan fingerprint density at radius 2 is 2.06 bits per heavy atom. The van der Waals surface area contributed by atoms with Crippen LogP contribution in [0.15, 0.2) is 12.2 Å². The molecular weight excluding hydrogens is 238 g/mol. The van der Waals surface area contributed by atoms with Gasteiger partial charge in [0, 0.05) is 13.0 Å². The van der Waals surface area contributed by atoms with Gasteiger partial charge in [-0.3, -0.25) is 0 Å². The Labute approximate surface area is 108 Å². The summed E-state index contributed by atoms with van der Waals surface area (Å²) in [7, 11) is 0. The van der Waals surface area contributed by atoms with Crippen molar-refractivity contribution >= 4 is 0 Å². The van der Waals surface area contributed by atoms with Crippen LogP contribution in [0.25, 0.3) is 0 Å². The molecule has 6 nitrogen and oxygen atoms in total. The van der Waals surface area contributed by atoms with Crippen molar-refractivity contribution in [3.8, 4) is 0 Å². The largest absolute Gasteiger partial charge is 0.396 e. The molecule has 0 aliphatic carbocycles. The normalized spacial score (nSPS) is 44.0. The third-order valence-corrected chi connectivity index (χ3v) is 3.33. The van der Waals surface area contributed by atoms with Gasteiger partial charge >= 0.3 is 1.41 Å². The quantitative estimate of drug-likeness (QED) is 0.291. The number of piperidine rings is 1. The van der Waals surface area contributed by atoms with Crippen molar-refractivity contribution in [3.05, 3.63) is 12.2 Å². The standard InChI is InChI=1S/C12H23NO5/c1-2-3-5-13-7-9(16)11(17)12(18)10(13)8(15)4-6-14/h2-3,8-12,14-18H,4-7H2,1H3/p+1/t8-,9+,10+,11+,12-/m1/s1/i/hD. The zero-order valence-corrected chi connectivity index (χ0v) is 10.6. The van der Waals surface area contributed by atoms with E-state index in [1.54, 1.807) is 19.1 Å². The van der Waals surface area contributed by atoms with Gasteiger partial charge in [-0.05, 0) is 13.0 Å². The summed E-state index contributed by atoms with van der Waals surface area (Å²) in [6, 6.07) is -0.971. The first-order chi connectivity index (χ1) is 8.87. The molecule has 0 aromatic heterocycles. The lowest BCUT2D eigenvalue weighted by molar-refractivity contribution is -0.937. The minimum atomic E-state index is -1.41. The van der Waals surface area contributed by atoms with Crippen LogP contribution in [0.3, 0.4) is 0 Å². The van der Waals surface area contributed by atoms with Gasteiger partial charge in [-0.1, -0.05) is 6.08 Å². The van der Waals surface area contributed by atoms with E-state index in [0.717, 1.165) is 0 Å². The smallest absolute Gasteiger partial charge is 0.348 e. The molecule has 6 atom stereocenters. The molecule has 1 rings (SSSR count). The Balaban J connectivity index is 3.00. The van der Waals surface area contributed by atoms with Crippen molar-refractivity contribution in [3.63, 3.8) is 0 Å². The number of aliphatic hydroxyl groups excluding tert-OH is 5. The Morgan fingerprint density at radius 3 is 2.61 bits per heavy atom. The maximum Gasteiger partial charge on any atom is 0.348 e. The van der Waals surface area contributed by atoms with Crippen molar-refractivity contribution in [2.75, 3.05) is 19.7 Å². The molecule has 6 heteroatoms. The molecule has 1 aliphatic rings. The first kappa shape index (κ1) is 13.9. The van der Waals surface area contributed by atoms with E-state index >= 15 is 0 Å². The highest BCUT2D eigenvalue weighted by molar-refractivity contribution is 4.90. The van der Waals surface area contributed by atoms with Crippen LogP contribution in [0, 0.1) is 0 Å². The van der Waals surface area contributed by atoms with E-state index in [1.165, 1.54) is 0 Å². The summed E-state index contributed by atoms with van der Waals surface area (Å²) in [5, 5.41) is 48.3. The lowest BCUT2D eigenvalue weighted by Gasteiger charge is -2.42. The first-order valence-electron chi connectivity index (χ1n) is 6.66. The average molecular weight is 263 g/mol. The van der Waals surface area contributed by atoms with Gasteiger partial charge < -0.3 is 30.4 Å². The fourth-order valence-corrected chi connectivity index (χ4v) is 2.33. The molecule has 0 saturated carbocycles. The van der Waals surface area contributed by atoms with Gasteiger partial charge in [0.05, 0.1) is 6.54 Å². The van der Waals surface area contributed by atoms with E-state index in [1.807, 2.05) is 0 Å². The van der Waals surface area contributed by atoms with Crippen LogP contribution in [0.2, 0.25) is 1.41 Å². The predicted molar refractivity (Wildman–Crippen MR) is 65.0 cm³/mol. The maximum absolute atomic E-state index is 10.0. The van der Waals surface area contributed by atoms with Gasteiger partial charge in [-0.25, -0.2) is 0 Å². The molecule has 6 N–H and O–H groups in total. The Hall–Kier alpha value is -0.500. The second-order valence-corrected chi connectivity index (χ2v) is 4.64. The molecule has 0 amide bonds. The van der Waals surface area contributed by atoms with E-state index in [4.69, 9.17) is 6.52 Å². The zero-order chi connectivity index (χ0) is 14.6. The molecule has 1 aliphatic heterocycles. The predicted octanol–water partition coefficient (Wildman–Crippen LogP) is -3.34. The SMILES string of the molecule is [2H][N+]1(CC=CC)C[C@H](O)[C@H](O)[C@H](O)[C@@H]1[C@H](O)CCO. The number of nitrogens with one attached hydrogen (secondary N) is 1. The van der Waals surface area contributed by atoms with Crippen LogP contribution in [-0.4, -0.2) is 75.7 Å². The highest BCUT2D eigenvalue weighted by Gasteiger charge is 2.47. The molecule has 0 aromatic carbocycles. The average Bonchev–Trinajstić information content (AvgIpc) is 2.34. The van der Waals surface area contributed by atoms with Crippen molar-refractivity contribution in [1.29, 1.82) is 0 Å². The molecule has 1 saturated heterocycles. The van der Waals surface area contributed by atoms with Crippen LogP contribution in [0.5, 0.6) is 0 Å². The molecule has 0 radical (unpaired) electrons. The number of allylic oxidation sites excluding steroid dienone is 1. The molecule has 0 spiro atoms. The first-order valence-corrected chi connectivity index (χ1v) is 6.21. The summed E-state index contributed by atoms with van der Waals surface area (Å²) in [4.78, 5) is -0.523. The summed E-state index contributed by atoms with van der Waals surface area (Å²) in [5.41, 5.74) is 0. The minimum absolute atomic E-state index is 0.0132. The zero-order valence-electron chi connectivity index (χ0n) is 11.6. The Morgan fingerprint density at radius 1 is 1.39 bits per heavy atom. The lowest BCUT2D eigenvalue weighted by atomic mass is 9.89. The van der Waals surface area contributed by atoms with E-state index < -0.39 is 35.4 Å². The molecule has 0 bridgehead atoms. The summed E-state index contributed by atoms with van der Waals surface area (Å²) in [6.45, 7) is 1.63. The van der Waals surface area contributed by atoms with E-state index in [9.17, 15) is 20.4 Å². The van der Waals surface area contributed by atoms with Crippen LogP contribution < -0.4 is 4.89 Å². The number of quaternary nitrogens is 1. The third kappa shape index (κ3) is 3.50. The Bertz CT molecular complexity index is 316. The number of aliphatic hydroxyl groups is 5. The topological polar surface area (TPSA) is 106 Å². The number of likely N-dealkylation sites (tertiary alicyclic amines) is 1. The van der Waals surface area contributed by atoms with Crippen molar-refractivity contribution in [2.24, 2.45) is 0 Å². The van der Waals surface area contributed by atoms with Crippen LogP contribution in [0.1, 0.15) is 13.3 Å². The molecular formula is C12H24NO5+. The van der Waals surface area contributed by atoms with Gasteiger partial charge in [0.1, 0.15) is 37.0 Å². The van der Waals surface area contributed by atoms with Crippen LogP contribution in [-0.2, 0) is 0 Å². The fourth-order valence-electron chi connectivity index (χ4n) is 2.33. The number of rotatable bonds is 5. The highest BCUT2D eigenvalue weighted by Crippen LogP contribution is 2.12. The molecule has 1 fully saturated rings. The van der Waals surface area contributed by atoms with Crippen molar-refractivity contribution in [2.45, 2.75) is 43.8 Å². The van der Waals surface area contributed by atoms with Gasteiger partial charge in [0.15, 0.2) is 0 Å². The summed E-state index contributed by atoms with van der Waals surface area (Å²) in [6.07, 6.45) is -1.66. The summed E-state index contributed by atoms with van der Waals surface area (Å²) >= 11 is 0. The third-order valence-electron chi connectivity index (χ3n) is 3.33. The van der Waals surface area contributed by atoms with Crippen LogP contribution >= 0.6 is 0 Å². The molecule has 106 valence electrons. The van der Waals surface area contributed by atoms with Gasteiger partial charge in [0.2, 0.25) is 0 Å². The fraction of sp³-hybridized carbons (Fsp3) is 0.833. The number of hydrogen-bond acceptors (Lipinski definition) is 5. The van der Waals surface area contributed by atoms with Crippen LogP contribution in [0.4, 0.5) is 0 Å². The second-order valence-electron chi connectivity index (χ2n) is 4.64. The molecule has 1 heterocycles. The van der Waals surface area contributed by atoms with Gasteiger partial charge in [-0.15, -0.1) is 0 Å². The van der Waals surface area contributed by atoms with Crippen molar-refractivity contribution < 1.29 is 31.8 Å². The van der Waals surface area contributed by atoms with Crippen molar-refractivity contribution in [1.82, 2.24) is 0 Å². The van der Waals surface area contributed by atoms with E-state index in [0.29, 0.717) is 0 Å². The summed E-state index contributed by atoms with van der Waals surface area (Å²) in [5.74, 6) is 0. The summed E-state index contributed by atoms with van der Waals surface area (Å²) < 4.78 is 8.35. The monoisotopic (exact) mass is 263 g/mol.